The number of aliphatic carboxylic acids is 1. The molecule has 1 saturated carbocycles. The van der Waals surface area contributed by atoms with Gasteiger partial charge in [-0.15, -0.1) is 5.10 Å². The predicted octanol–water partition coefficient (Wildman–Crippen LogP) is 0.722. The van der Waals surface area contributed by atoms with E-state index >= 15 is 0 Å². The molecule has 0 atom stereocenters. The highest BCUT2D eigenvalue weighted by molar-refractivity contribution is 5.92. The molecule has 0 radical (unpaired) electrons. The fourth-order valence-electron chi connectivity index (χ4n) is 2.62. The molecule has 0 aromatic carbocycles. The summed E-state index contributed by atoms with van der Waals surface area (Å²) in [7, 11) is 1.68. The van der Waals surface area contributed by atoms with Gasteiger partial charge in [-0.05, 0) is 12.8 Å². The second-order valence-corrected chi connectivity index (χ2v) is 5.14. The average molecular weight is 266 g/mol. The number of aromatic nitrogens is 3. The van der Waals surface area contributed by atoms with E-state index in [1.165, 1.54) is 10.9 Å². The van der Waals surface area contributed by atoms with Crippen molar-refractivity contribution in [3.63, 3.8) is 0 Å². The van der Waals surface area contributed by atoms with E-state index in [9.17, 15) is 9.59 Å². The van der Waals surface area contributed by atoms with Crippen molar-refractivity contribution in [2.24, 2.45) is 7.05 Å². The van der Waals surface area contributed by atoms with Crippen LogP contribution in [-0.2, 0) is 11.8 Å². The van der Waals surface area contributed by atoms with Crippen molar-refractivity contribution < 1.29 is 14.7 Å². The van der Waals surface area contributed by atoms with Gasteiger partial charge in [0.25, 0.3) is 5.91 Å². The molecule has 0 saturated heterocycles. The largest absolute Gasteiger partial charge is 0.481 e. The monoisotopic (exact) mass is 266 g/mol. The van der Waals surface area contributed by atoms with Crippen LogP contribution in [0.5, 0.6) is 0 Å². The highest BCUT2D eigenvalue weighted by Gasteiger charge is 2.36. The zero-order valence-electron chi connectivity index (χ0n) is 10.9. The van der Waals surface area contributed by atoms with E-state index in [0.717, 1.165) is 19.3 Å². The molecule has 2 rings (SSSR count). The van der Waals surface area contributed by atoms with Crippen LogP contribution in [0, 0.1) is 0 Å². The number of carboxylic acid groups (broad SMARTS) is 1. The van der Waals surface area contributed by atoms with Crippen LogP contribution in [0.3, 0.4) is 0 Å². The van der Waals surface area contributed by atoms with Gasteiger partial charge in [0, 0.05) is 7.05 Å². The van der Waals surface area contributed by atoms with Gasteiger partial charge in [0.2, 0.25) is 0 Å². The lowest BCUT2D eigenvalue weighted by Gasteiger charge is -2.36. The van der Waals surface area contributed by atoms with Crippen molar-refractivity contribution in [1.29, 1.82) is 0 Å². The van der Waals surface area contributed by atoms with Crippen molar-refractivity contribution >= 4 is 11.9 Å². The van der Waals surface area contributed by atoms with Crippen molar-refractivity contribution in [3.8, 4) is 0 Å². The molecule has 1 amide bonds. The molecule has 2 N–H and O–H groups in total. The third-order valence-corrected chi connectivity index (χ3v) is 3.51. The first-order valence-electron chi connectivity index (χ1n) is 6.41. The number of carbonyl (C=O) groups excluding carboxylic acids is 1. The van der Waals surface area contributed by atoms with Crippen LogP contribution in [0.4, 0.5) is 0 Å². The summed E-state index contributed by atoms with van der Waals surface area (Å²) in [5.41, 5.74) is -0.420. The molecule has 0 unspecified atom stereocenters. The molecule has 0 spiro atoms. The maximum absolute atomic E-state index is 12.1. The number of carbonyl (C=O) groups is 2. The second kappa shape index (κ2) is 5.38. The molecule has 7 nitrogen and oxygen atoms in total. The molecule has 1 aliphatic rings. The summed E-state index contributed by atoms with van der Waals surface area (Å²) in [6.07, 6.45) is 5.84. The Balaban J connectivity index is 2.11. The quantitative estimate of drug-likeness (QED) is 0.837. The fourth-order valence-corrected chi connectivity index (χ4v) is 2.62. The van der Waals surface area contributed by atoms with Gasteiger partial charge in [-0.3, -0.25) is 14.3 Å². The molecule has 1 aliphatic carbocycles. The van der Waals surface area contributed by atoms with E-state index in [-0.39, 0.29) is 18.0 Å². The first kappa shape index (κ1) is 13.5. The minimum Gasteiger partial charge on any atom is -0.481 e. The van der Waals surface area contributed by atoms with Crippen LogP contribution in [0.2, 0.25) is 0 Å². The number of rotatable bonds is 4. The Morgan fingerprint density at radius 3 is 2.63 bits per heavy atom. The SMILES string of the molecule is Cn1cc(C(=O)NC2(CC(=O)O)CCCCC2)nn1. The van der Waals surface area contributed by atoms with Crippen LogP contribution in [0.25, 0.3) is 0 Å². The van der Waals surface area contributed by atoms with Crippen LogP contribution in [0.1, 0.15) is 49.0 Å². The van der Waals surface area contributed by atoms with Gasteiger partial charge in [-0.2, -0.15) is 0 Å². The zero-order chi connectivity index (χ0) is 13.9. The number of hydrogen-bond acceptors (Lipinski definition) is 4. The minimum atomic E-state index is -0.888. The van der Waals surface area contributed by atoms with Crippen molar-refractivity contribution in [2.75, 3.05) is 0 Å². The summed E-state index contributed by atoms with van der Waals surface area (Å²) in [4.78, 5) is 23.1. The third kappa shape index (κ3) is 3.30. The van der Waals surface area contributed by atoms with E-state index in [1.54, 1.807) is 7.05 Å². The summed E-state index contributed by atoms with van der Waals surface area (Å²) < 4.78 is 1.44. The number of nitrogens with one attached hydrogen (secondary N) is 1. The fraction of sp³-hybridized carbons (Fsp3) is 0.667. The van der Waals surface area contributed by atoms with Crippen molar-refractivity contribution in [1.82, 2.24) is 20.3 Å². The molecule has 1 fully saturated rings. The van der Waals surface area contributed by atoms with Gasteiger partial charge in [0.15, 0.2) is 5.69 Å². The van der Waals surface area contributed by atoms with Gasteiger partial charge >= 0.3 is 5.97 Å². The molecule has 7 heteroatoms. The Morgan fingerprint density at radius 2 is 2.11 bits per heavy atom. The summed E-state index contributed by atoms with van der Waals surface area (Å²) >= 11 is 0. The lowest BCUT2D eigenvalue weighted by Crippen LogP contribution is -2.51. The molecule has 19 heavy (non-hydrogen) atoms. The van der Waals surface area contributed by atoms with E-state index in [2.05, 4.69) is 15.6 Å². The normalized spacial score (nSPS) is 17.9. The number of amides is 1. The first-order chi connectivity index (χ1) is 9.01. The van der Waals surface area contributed by atoms with Gasteiger partial charge < -0.3 is 10.4 Å². The summed E-state index contributed by atoms with van der Waals surface area (Å²) in [6.45, 7) is 0. The van der Waals surface area contributed by atoms with Crippen LogP contribution in [0.15, 0.2) is 6.20 Å². The Kier molecular flexibility index (Phi) is 3.82. The topological polar surface area (TPSA) is 97.1 Å². The summed E-state index contributed by atoms with van der Waals surface area (Å²) in [6, 6.07) is 0. The third-order valence-electron chi connectivity index (χ3n) is 3.51. The maximum atomic E-state index is 12.1. The molecule has 104 valence electrons. The average Bonchev–Trinajstić information content (AvgIpc) is 2.76. The number of aryl methyl sites for hydroxylation is 1. The van der Waals surface area contributed by atoms with Crippen molar-refractivity contribution in [3.05, 3.63) is 11.9 Å². The van der Waals surface area contributed by atoms with Crippen LogP contribution >= 0.6 is 0 Å². The van der Waals surface area contributed by atoms with Gasteiger partial charge in [-0.25, -0.2) is 0 Å². The van der Waals surface area contributed by atoms with E-state index in [0.29, 0.717) is 12.8 Å². The lowest BCUT2D eigenvalue weighted by atomic mass is 9.79. The standard InChI is InChI=1S/C12H18N4O3/c1-16-8-9(14-15-16)11(19)13-12(7-10(17)18)5-3-2-4-6-12/h8H,2-7H2,1H3,(H,13,19)(H,17,18). The number of carboxylic acids is 1. The smallest absolute Gasteiger partial charge is 0.305 e. The van der Waals surface area contributed by atoms with Crippen LogP contribution in [-0.4, -0.2) is 37.5 Å². The van der Waals surface area contributed by atoms with Gasteiger partial charge in [0.1, 0.15) is 0 Å². The highest BCUT2D eigenvalue weighted by atomic mass is 16.4. The maximum Gasteiger partial charge on any atom is 0.305 e. The Hall–Kier alpha value is -1.92. The van der Waals surface area contributed by atoms with E-state index in [4.69, 9.17) is 5.11 Å². The molecular weight excluding hydrogens is 248 g/mol. The molecule has 1 heterocycles. The predicted molar refractivity (Wildman–Crippen MR) is 66.5 cm³/mol. The molecular formula is C12H18N4O3. The first-order valence-corrected chi connectivity index (χ1v) is 6.41. The molecule has 1 aromatic heterocycles. The van der Waals surface area contributed by atoms with E-state index < -0.39 is 11.5 Å². The minimum absolute atomic E-state index is 0.0427. The molecule has 1 aromatic rings. The molecule has 0 aliphatic heterocycles. The number of nitrogens with zero attached hydrogens (tertiary/aromatic N) is 3. The number of hydrogen-bond donors (Lipinski definition) is 2. The van der Waals surface area contributed by atoms with Gasteiger partial charge in [0.05, 0.1) is 18.2 Å². The Bertz CT molecular complexity index is 477. The zero-order valence-corrected chi connectivity index (χ0v) is 10.9. The summed E-state index contributed by atoms with van der Waals surface area (Å²) in [5.74, 6) is -1.24. The lowest BCUT2D eigenvalue weighted by molar-refractivity contribution is -0.139. The highest BCUT2D eigenvalue weighted by Crippen LogP contribution is 2.31. The van der Waals surface area contributed by atoms with E-state index in [1.807, 2.05) is 0 Å². The van der Waals surface area contributed by atoms with Crippen molar-refractivity contribution in [2.45, 2.75) is 44.1 Å². The summed E-state index contributed by atoms with van der Waals surface area (Å²) in [5, 5.41) is 19.3. The van der Waals surface area contributed by atoms with Gasteiger partial charge in [-0.1, -0.05) is 24.5 Å². The van der Waals surface area contributed by atoms with Crippen LogP contribution < -0.4 is 5.32 Å². The second-order valence-electron chi connectivity index (χ2n) is 5.14. The Morgan fingerprint density at radius 1 is 1.42 bits per heavy atom. The molecule has 0 bridgehead atoms. The Labute approximate surface area is 111 Å².